The number of hydrogen-bond acceptors (Lipinski definition) is 2. The highest BCUT2D eigenvalue weighted by atomic mass is 35.5. The Labute approximate surface area is 122 Å². The van der Waals surface area contributed by atoms with Crippen LogP contribution in [-0.4, -0.2) is 19.0 Å². The van der Waals surface area contributed by atoms with Crippen LogP contribution in [0.5, 0.6) is 0 Å². The number of halogens is 3. The van der Waals surface area contributed by atoms with E-state index in [1.165, 1.54) is 12.1 Å². The molecule has 0 bridgehead atoms. The van der Waals surface area contributed by atoms with Crippen LogP contribution in [0.2, 0.25) is 10.0 Å². The molecule has 1 amide bonds. The van der Waals surface area contributed by atoms with E-state index in [-0.39, 0.29) is 23.5 Å². The Bertz CT molecular complexity index is 455. The van der Waals surface area contributed by atoms with Gasteiger partial charge in [0.1, 0.15) is 5.82 Å². The molecule has 0 saturated heterocycles. The maximum absolute atomic E-state index is 13.4. The highest BCUT2D eigenvalue weighted by Gasteiger charge is 2.14. The second kappa shape index (κ2) is 7.68. The van der Waals surface area contributed by atoms with Gasteiger partial charge >= 0.3 is 0 Å². The predicted octanol–water partition coefficient (Wildman–Crippen LogP) is 3.31. The zero-order valence-electron chi connectivity index (χ0n) is 10.9. The number of hydrogen-bond donors (Lipinski definition) is 2. The summed E-state index contributed by atoms with van der Waals surface area (Å²) in [5.41, 5.74) is 0.576. The average molecular weight is 307 g/mol. The Morgan fingerprint density at radius 2 is 2.05 bits per heavy atom. The third-order valence-corrected chi connectivity index (χ3v) is 3.26. The highest BCUT2D eigenvalue weighted by molar-refractivity contribution is 6.35. The van der Waals surface area contributed by atoms with Crippen molar-refractivity contribution in [3.8, 4) is 0 Å². The van der Waals surface area contributed by atoms with Crippen molar-refractivity contribution in [1.29, 1.82) is 0 Å². The topological polar surface area (TPSA) is 41.1 Å². The molecule has 0 aliphatic carbocycles. The Morgan fingerprint density at radius 3 is 2.68 bits per heavy atom. The van der Waals surface area contributed by atoms with E-state index in [2.05, 4.69) is 10.6 Å². The smallest absolute Gasteiger partial charge is 0.233 e. The molecule has 3 nitrogen and oxygen atoms in total. The number of nitrogens with one attached hydrogen (secondary N) is 2. The van der Waals surface area contributed by atoms with Crippen LogP contribution in [-0.2, 0) is 4.79 Å². The normalized spacial score (nSPS) is 12.3. The van der Waals surface area contributed by atoms with Crippen LogP contribution in [0.1, 0.15) is 31.9 Å². The van der Waals surface area contributed by atoms with Gasteiger partial charge in [-0.25, -0.2) is 4.39 Å². The first-order chi connectivity index (χ1) is 8.95. The van der Waals surface area contributed by atoms with Gasteiger partial charge in [-0.3, -0.25) is 4.79 Å². The van der Waals surface area contributed by atoms with Crippen molar-refractivity contribution in [2.75, 3.05) is 13.1 Å². The molecule has 1 unspecified atom stereocenters. The highest BCUT2D eigenvalue weighted by Crippen LogP contribution is 2.28. The first-order valence-electron chi connectivity index (χ1n) is 6.10. The summed E-state index contributed by atoms with van der Waals surface area (Å²) in [6.45, 7) is 4.58. The summed E-state index contributed by atoms with van der Waals surface area (Å²) >= 11 is 11.6. The third-order valence-electron chi connectivity index (χ3n) is 2.65. The van der Waals surface area contributed by atoms with Gasteiger partial charge in [0.2, 0.25) is 5.91 Å². The number of carbonyl (C=O) groups is 1. The van der Waals surface area contributed by atoms with E-state index < -0.39 is 5.82 Å². The van der Waals surface area contributed by atoms with Crippen LogP contribution in [0.15, 0.2) is 12.1 Å². The zero-order chi connectivity index (χ0) is 14.4. The molecular weight excluding hydrogens is 290 g/mol. The molecule has 0 saturated carbocycles. The minimum atomic E-state index is -0.523. The van der Waals surface area contributed by atoms with E-state index in [0.717, 1.165) is 6.42 Å². The van der Waals surface area contributed by atoms with Crippen LogP contribution in [0.3, 0.4) is 0 Å². The van der Waals surface area contributed by atoms with E-state index in [1.54, 1.807) is 0 Å². The van der Waals surface area contributed by atoms with Gasteiger partial charge in [0.25, 0.3) is 0 Å². The second-order valence-corrected chi connectivity index (χ2v) is 5.05. The van der Waals surface area contributed by atoms with Crippen LogP contribution in [0, 0.1) is 5.82 Å². The Morgan fingerprint density at radius 1 is 1.37 bits per heavy atom. The molecule has 106 valence electrons. The van der Waals surface area contributed by atoms with Gasteiger partial charge in [0, 0.05) is 17.6 Å². The summed E-state index contributed by atoms with van der Waals surface area (Å²) < 4.78 is 13.4. The van der Waals surface area contributed by atoms with Crippen LogP contribution < -0.4 is 10.6 Å². The minimum absolute atomic E-state index is 0.0124. The lowest BCUT2D eigenvalue weighted by Crippen LogP contribution is -2.35. The summed E-state index contributed by atoms with van der Waals surface area (Å²) in [5.74, 6) is -0.621. The molecule has 0 aliphatic rings. The Balaban J connectivity index is 2.61. The van der Waals surface area contributed by atoms with Gasteiger partial charge in [-0.1, -0.05) is 30.1 Å². The third kappa shape index (κ3) is 4.97. The summed E-state index contributed by atoms with van der Waals surface area (Å²) in [6, 6.07) is 2.40. The van der Waals surface area contributed by atoms with Crippen LogP contribution >= 0.6 is 23.2 Å². The monoisotopic (exact) mass is 306 g/mol. The standard InChI is InChI=1S/C13H17Cl2FN2O/c1-3-4-17-13(19)7-18-8(2)9-5-12(16)11(15)6-10(9)14/h5-6,8,18H,3-4,7H2,1-2H3,(H,17,19). The maximum atomic E-state index is 13.4. The molecule has 1 aromatic carbocycles. The Hall–Kier alpha value is -0.840. The van der Waals surface area contributed by atoms with E-state index in [4.69, 9.17) is 23.2 Å². The van der Waals surface area contributed by atoms with E-state index in [9.17, 15) is 9.18 Å². The van der Waals surface area contributed by atoms with Crippen molar-refractivity contribution in [3.63, 3.8) is 0 Å². The summed E-state index contributed by atoms with van der Waals surface area (Å²) in [5, 5.41) is 6.10. The molecule has 1 rings (SSSR count). The molecule has 1 aromatic rings. The number of carbonyl (C=O) groups excluding carboxylic acids is 1. The molecule has 6 heteroatoms. The molecule has 2 N–H and O–H groups in total. The molecule has 0 heterocycles. The first-order valence-corrected chi connectivity index (χ1v) is 6.85. The second-order valence-electron chi connectivity index (χ2n) is 4.24. The molecule has 0 aromatic heterocycles. The van der Waals surface area contributed by atoms with Crippen molar-refractivity contribution < 1.29 is 9.18 Å². The fourth-order valence-electron chi connectivity index (χ4n) is 1.55. The largest absolute Gasteiger partial charge is 0.355 e. The lowest BCUT2D eigenvalue weighted by Gasteiger charge is -2.16. The predicted molar refractivity (Wildman–Crippen MR) is 76.1 cm³/mol. The molecule has 1 atom stereocenters. The van der Waals surface area contributed by atoms with Crippen LogP contribution in [0.25, 0.3) is 0 Å². The zero-order valence-corrected chi connectivity index (χ0v) is 12.4. The van der Waals surface area contributed by atoms with Crippen molar-refractivity contribution in [1.82, 2.24) is 10.6 Å². The van der Waals surface area contributed by atoms with E-state index in [0.29, 0.717) is 17.1 Å². The summed E-state index contributed by atoms with van der Waals surface area (Å²) in [6.07, 6.45) is 0.884. The molecule has 0 radical (unpaired) electrons. The van der Waals surface area contributed by atoms with Gasteiger partial charge in [-0.05, 0) is 31.0 Å². The average Bonchev–Trinajstić information content (AvgIpc) is 2.37. The minimum Gasteiger partial charge on any atom is -0.355 e. The van der Waals surface area contributed by atoms with Crippen molar-refractivity contribution in [2.45, 2.75) is 26.3 Å². The fraction of sp³-hybridized carbons (Fsp3) is 0.462. The number of benzene rings is 1. The van der Waals surface area contributed by atoms with E-state index >= 15 is 0 Å². The van der Waals surface area contributed by atoms with Crippen molar-refractivity contribution in [2.24, 2.45) is 0 Å². The van der Waals surface area contributed by atoms with Gasteiger partial charge < -0.3 is 10.6 Å². The molecule has 19 heavy (non-hydrogen) atoms. The molecule has 0 spiro atoms. The van der Waals surface area contributed by atoms with Crippen molar-refractivity contribution >= 4 is 29.1 Å². The van der Waals surface area contributed by atoms with Crippen molar-refractivity contribution in [3.05, 3.63) is 33.6 Å². The van der Waals surface area contributed by atoms with Gasteiger partial charge in [-0.2, -0.15) is 0 Å². The first kappa shape index (κ1) is 16.2. The quantitative estimate of drug-likeness (QED) is 0.792. The van der Waals surface area contributed by atoms with Crippen LogP contribution in [0.4, 0.5) is 4.39 Å². The summed E-state index contributed by atoms with van der Waals surface area (Å²) in [7, 11) is 0. The number of rotatable bonds is 6. The fourth-order valence-corrected chi connectivity index (χ4v) is 2.10. The lowest BCUT2D eigenvalue weighted by molar-refractivity contribution is -0.120. The van der Waals surface area contributed by atoms with E-state index in [1.807, 2.05) is 13.8 Å². The molecule has 0 aliphatic heterocycles. The lowest BCUT2D eigenvalue weighted by atomic mass is 10.1. The maximum Gasteiger partial charge on any atom is 0.233 e. The van der Waals surface area contributed by atoms with Gasteiger partial charge in [0.05, 0.1) is 11.6 Å². The molecule has 0 fully saturated rings. The number of amides is 1. The molecular formula is C13H17Cl2FN2O. The summed E-state index contributed by atoms with van der Waals surface area (Å²) in [4.78, 5) is 11.4. The van der Waals surface area contributed by atoms with Gasteiger partial charge in [0.15, 0.2) is 0 Å². The van der Waals surface area contributed by atoms with Gasteiger partial charge in [-0.15, -0.1) is 0 Å². The SMILES string of the molecule is CCCNC(=O)CNC(C)c1cc(F)c(Cl)cc1Cl. The Kier molecular flexibility index (Phi) is 6.55.